The van der Waals surface area contributed by atoms with Gasteiger partial charge in [0.15, 0.2) is 0 Å². The molecule has 8 heteroatoms. The van der Waals surface area contributed by atoms with Gasteiger partial charge in [0.05, 0.1) is 0 Å². The summed E-state index contributed by atoms with van der Waals surface area (Å²) in [6.07, 6.45) is 0.242. The second-order valence-electron chi connectivity index (χ2n) is 2.82. The molecule has 0 aliphatic carbocycles. The van der Waals surface area contributed by atoms with Gasteiger partial charge in [-0.25, -0.2) is 0 Å². The van der Waals surface area contributed by atoms with Crippen molar-refractivity contribution in [3.05, 3.63) is 9.47 Å². The van der Waals surface area contributed by atoms with E-state index in [9.17, 15) is 9.59 Å². The number of amides is 2. The van der Waals surface area contributed by atoms with Gasteiger partial charge in [0.1, 0.15) is 0 Å². The zero-order valence-corrected chi connectivity index (χ0v) is 10.2. The molecule has 88 valence electrons. The summed E-state index contributed by atoms with van der Waals surface area (Å²) in [5, 5.41) is 12.5. The second-order valence-corrected chi connectivity index (χ2v) is 4.38. The monoisotopic (exact) mass is 262 g/mol. The first kappa shape index (κ1) is 12.9. The smallest absolute Gasteiger partial charge is 0.282 e. The lowest BCUT2D eigenvalue weighted by Gasteiger charge is -2.02. The van der Waals surface area contributed by atoms with Crippen molar-refractivity contribution in [3.8, 4) is 0 Å². The molecule has 0 saturated heterocycles. The number of nitrogens with zero attached hydrogens (tertiary/aromatic N) is 2. The van der Waals surface area contributed by atoms with Gasteiger partial charge in [-0.3, -0.25) is 9.59 Å². The molecule has 0 atom stereocenters. The number of nitrogens with one attached hydrogen (secondary N) is 2. The van der Waals surface area contributed by atoms with Crippen LogP contribution in [0.4, 0.5) is 0 Å². The molecule has 0 aromatic carbocycles. The quantitative estimate of drug-likeness (QED) is 0.807. The molecule has 6 nitrogen and oxygen atoms in total. The van der Waals surface area contributed by atoms with Gasteiger partial charge in [0, 0.05) is 19.5 Å². The van der Waals surface area contributed by atoms with Gasteiger partial charge in [-0.15, -0.1) is 10.2 Å². The maximum Gasteiger partial charge on any atom is 0.282 e. The van der Waals surface area contributed by atoms with Crippen LogP contribution in [-0.2, 0) is 4.79 Å². The zero-order chi connectivity index (χ0) is 12.0. The molecule has 1 aromatic heterocycles. The molecule has 0 bridgehead atoms. The zero-order valence-electron chi connectivity index (χ0n) is 8.62. The van der Waals surface area contributed by atoms with Crippen molar-refractivity contribution in [3.63, 3.8) is 0 Å². The van der Waals surface area contributed by atoms with E-state index >= 15 is 0 Å². The van der Waals surface area contributed by atoms with Crippen molar-refractivity contribution in [1.29, 1.82) is 0 Å². The van der Waals surface area contributed by atoms with Crippen LogP contribution in [0.3, 0.4) is 0 Å². The Balaban J connectivity index is 2.28. The van der Waals surface area contributed by atoms with Crippen molar-refractivity contribution >= 4 is 34.8 Å². The van der Waals surface area contributed by atoms with E-state index in [-0.39, 0.29) is 34.3 Å². The van der Waals surface area contributed by atoms with Crippen LogP contribution in [0.25, 0.3) is 0 Å². The fourth-order valence-electron chi connectivity index (χ4n) is 0.948. The molecule has 0 fully saturated rings. The van der Waals surface area contributed by atoms with Gasteiger partial charge < -0.3 is 10.6 Å². The Hall–Kier alpha value is -1.21. The van der Waals surface area contributed by atoms with E-state index < -0.39 is 0 Å². The van der Waals surface area contributed by atoms with Crippen LogP contribution in [0.1, 0.15) is 23.1 Å². The molecule has 1 heterocycles. The van der Waals surface area contributed by atoms with Gasteiger partial charge >= 0.3 is 0 Å². The third kappa shape index (κ3) is 4.11. The van der Waals surface area contributed by atoms with E-state index in [2.05, 4.69) is 20.8 Å². The first-order valence-corrected chi connectivity index (χ1v) is 5.86. The second kappa shape index (κ2) is 6.39. The molecule has 16 heavy (non-hydrogen) atoms. The van der Waals surface area contributed by atoms with Crippen LogP contribution in [0.5, 0.6) is 0 Å². The first-order chi connectivity index (χ1) is 7.63. The van der Waals surface area contributed by atoms with Gasteiger partial charge in [0.25, 0.3) is 5.91 Å². The summed E-state index contributed by atoms with van der Waals surface area (Å²) in [6, 6.07) is 0. The number of carbonyl (C=O) groups excluding carboxylic acids is 2. The average Bonchev–Trinajstić information content (AvgIpc) is 2.65. The van der Waals surface area contributed by atoms with Gasteiger partial charge in [-0.2, -0.15) is 0 Å². The number of halogens is 1. The lowest BCUT2D eigenvalue weighted by molar-refractivity contribution is -0.120. The molecular formula is C8H11ClN4O2S. The Labute approximate surface area is 101 Å². The minimum atomic E-state index is -0.367. The molecule has 1 aromatic rings. The molecule has 2 amide bonds. The minimum Gasteiger partial charge on any atom is -0.356 e. The summed E-state index contributed by atoms with van der Waals surface area (Å²) in [5.74, 6) is -0.466. The Kier molecular flexibility index (Phi) is 5.13. The van der Waals surface area contributed by atoms with E-state index in [1.807, 2.05) is 6.92 Å². The fraction of sp³-hybridized carbons (Fsp3) is 0.500. The van der Waals surface area contributed by atoms with Crippen LogP contribution in [-0.4, -0.2) is 35.1 Å². The SMILES string of the molecule is CCNC(=O)CCNC(=O)c1nnc(Cl)s1. The van der Waals surface area contributed by atoms with E-state index in [1.54, 1.807) is 0 Å². The van der Waals surface area contributed by atoms with Crippen LogP contribution >= 0.6 is 22.9 Å². The predicted octanol–water partition coefficient (Wildman–Crippen LogP) is 0.447. The summed E-state index contributed by atoms with van der Waals surface area (Å²) in [5.41, 5.74) is 0. The normalized spacial score (nSPS) is 9.88. The van der Waals surface area contributed by atoms with Gasteiger partial charge in [-0.1, -0.05) is 11.3 Å². The van der Waals surface area contributed by atoms with Crippen LogP contribution in [0.2, 0.25) is 4.47 Å². The highest BCUT2D eigenvalue weighted by Crippen LogP contribution is 2.14. The van der Waals surface area contributed by atoms with Crippen molar-refractivity contribution < 1.29 is 9.59 Å². The van der Waals surface area contributed by atoms with Crippen LogP contribution < -0.4 is 10.6 Å². The highest BCUT2D eigenvalue weighted by molar-refractivity contribution is 7.17. The van der Waals surface area contributed by atoms with Crippen molar-refractivity contribution in [1.82, 2.24) is 20.8 Å². The minimum absolute atomic E-state index is 0.0990. The van der Waals surface area contributed by atoms with E-state index in [1.165, 1.54) is 0 Å². The van der Waals surface area contributed by atoms with E-state index in [4.69, 9.17) is 11.6 Å². The standard InChI is InChI=1S/C8H11ClN4O2S/c1-2-10-5(14)3-4-11-6(15)7-12-13-8(9)16-7/h2-4H2,1H3,(H,10,14)(H,11,15). The number of hydrogen-bond donors (Lipinski definition) is 2. The molecule has 0 aliphatic rings. The van der Waals surface area contributed by atoms with Crippen LogP contribution in [0.15, 0.2) is 0 Å². The van der Waals surface area contributed by atoms with E-state index in [0.29, 0.717) is 6.54 Å². The summed E-state index contributed by atoms with van der Waals surface area (Å²) >= 11 is 6.53. The van der Waals surface area contributed by atoms with Gasteiger partial charge in [-0.05, 0) is 18.5 Å². The summed E-state index contributed by atoms with van der Waals surface area (Å²) in [6.45, 7) is 2.68. The largest absolute Gasteiger partial charge is 0.356 e. The summed E-state index contributed by atoms with van der Waals surface area (Å²) in [4.78, 5) is 22.5. The van der Waals surface area contributed by atoms with E-state index in [0.717, 1.165) is 11.3 Å². The number of hydrogen-bond acceptors (Lipinski definition) is 5. The Morgan fingerprint density at radius 3 is 2.69 bits per heavy atom. The maximum atomic E-state index is 11.4. The Morgan fingerprint density at radius 1 is 1.38 bits per heavy atom. The Bertz CT molecular complexity index is 382. The number of rotatable bonds is 5. The fourth-order valence-corrected chi connectivity index (χ4v) is 1.69. The first-order valence-electron chi connectivity index (χ1n) is 4.67. The molecule has 1 rings (SSSR count). The lowest BCUT2D eigenvalue weighted by Crippen LogP contribution is -2.30. The topological polar surface area (TPSA) is 84.0 Å². The molecular weight excluding hydrogens is 252 g/mol. The van der Waals surface area contributed by atoms with Crippen molar-refractivity contribution in [2.45, 2.75) is 13.3 Å². The molecule has 0 spiro atoms. The summed E-state index contributed by atoms with van der Waals surface area (Å²) in [7, 11) is 0. The lowest BCUT2D eigenvalue weighted by atomic mass is 10.4. The van der Waals surface area contributed by atoms with Gasteiger partial charge in [0.2, 0.25) is 15.4 Å². The number of carbonyl (C=O) groups is 2. The third-order valence-corrected chi connectivity index (χ3v) is 2.62. The summed E-state index contributed by atoms with van der Waals surface area (Å²) < 4.78 is 0.217. The van der Waals surface area contributed by atoms with Crippen LogP contribution in [0, 0.1) is 0 Å². The third-order valence-electron chi connectivity index (χ3n) is 1.61. The molecule has 0 saturated carbocycles. The molecule has 2 N–H and O–H groups in total. The number of aromatic nitrogens is 2. The molecule has 0 radical (unpaired) electrons. The highest BCUT2D eigenvalue weighted by atomic mass is 35.5. The molecule has 0 aliphatic heterocycles. The average molecular weight is 263 g/mol. The molecule has 0 unspecified atom stereocenters. The van der Waals surface area contributed by atoms with Crippen molar-refractivity contribution in [2.24, 2.45) is 0 Å². The van der Waals surface area contributed by atoms with Crippen molar-refractivity contribution in [2.75, 3.05) is 13.1 Å². The maximum absolute atomic E-state index is 11.4. The highest BCUT2D eigenvalue weighted by Gasteiger charge is 2.11. The predicted molar refractivity (Wildman–Crippen MR) is 60.6 cm³/mol. The Morgan fingerprint density at radius 2 is 2.12 bits per heavy atom.